The fourth-order valence-corrected chi connectivity index (χ4v) is 2.35. The molecule has 0 aliphatic rings. The molecule has 98 valence electrons. The third kappa shape index (κ3) is 2.82. The molecule has 1 N–H and O–H groups in total. The summed E-state index contributed by atoms with van der Waals surface area (Å²) in [5.74, 6) is -0.784. The zero-order valence-electron chi connectivity index (χ0n) is 8.14. The molecule has 0 saturated carbocycles. The van der Waals surface area contributed by atoms with E-state index in [1.165, 1.54) is 0 Å². The minimum absolute atomic E-state index is 0.469. The van der Waals surface area contributed by atoms with Crippen LogP contribution in [-0.2, 0) is 10.1 Å². The van der Waals surface area contributed by atoms with Crippen LogP contribution in [0.3, 0.4) is 0 Å². The Hall–Kier alpha value is -1.54. The van der Waals surface area contributed by atoms with Gasteiger partial charge < -0.3 is 3.07 Å². The van der Waals surface area contributed by atoms with Crippen molar-refractivity contribution in [3.8, 4) is 5.75 Å². The molecule has 0 aromatic heterocycles. The molecule has 0 radical (unpaired) electrons. The summed E-state index contributed by atoms with van der Waals surface area (Å²) in [5.41, 5.74) is -1.79. The van der Waals surface area contributed by atoms with Gasteiger partial charge in [0.15, 0.2) is 27.9 Å². The topological polar surface area (TPSA) is 150 Å². The normalized spacial score (nSPS) is 11.0. The minimum Gasteiger partial charge on any atom is -0.419 e. The summed E-state index contributed by atoms with van der Waals surface area (Å²) in [6, 6.07) is 0.999. The Morgan fingerprint density at radius 3 is 2.11 bits per heavy atom. The average Bonchev–Trinajstić information content (AvgIpc) is 2.25. The van der Waals surface area contributed by atoms with Crippen molar-refractivity contribution in [2.24, 2.45) is 0 Å². The molecule has 0 saturated heterocycles. The van der Waals surface area contributed by atoms with Crippen molar-refractivity contribution in [3.63, 3.8) is 0 Å². The molecule has 0 amide bonds. The summed E-state index contributed by atoms with van der Waals surface area (Å²) in [4.78, 5) is 18.0. The van der Waals surface area contributed by atoms with E-state index in [1.54, 1.807) is 0 Å². The van der Waals surface area contributed by atoms with Crippen molar-refractivity contribution >= 4 is 44.5 Å². The van der Waals surface area contributed by atoms with Crippen LogP contribution in [0.25, 0.3) is 0 Å². The van der Waals surface area contributed by atoms with Gasteiger partial charge in [0.1, 0.15) is 0 Å². The smallest absolute Gasteiger partial charge is 0.320 e. The lowest BCUT2D eigenvalue weighted by Crippen LogP contribution is -2.04. The molecule has 0 spiro atoms. The number of non-ortho nitro benzene ring substituents is 1. The van der Waals surface area contributed by atoms with Crippen LogP contribution < -0.4 is 3.07 Å². The van der Waals surface area contributed by atoms with E-state index in [2.05, 4.69) is 3.07 Å². The highest BCUT2D eigenvalue weighted by atomic mass is 127. The predicted octanol–water partition coefficient (Wildman–Crippen LogP) is 1.48. The van der Waals surface area contributed by atoms with Gasteiger partial charge in [-0.1, -0.05) is 0 Å². The van der Waals surface area contributed by atoms with Crippen LogP contribution in [0.15, 0.2) is 17.0 Å². The summed E-state index contributed by atoms with van der Waals surface area (Å²) in [5, 5.41) is 21.2. The van der Waals surface area contributed by atoms with Crippen molar-refractivity contribution in [1.29, 1.82) is 0 Å². The molecular formula is C6H3IN2O8S. The van der Waals surface area contributed by atoms with E-state index in [-0.39, 0.29) is 0 Å². The van der Waals surface area contributed by atoms with Gasteiger partial charge in [-0.05, 0) is 0 Å². The van der Waals surface area contributed by atoms with Crippen molar-refractivity contribution in [3.05, 3.63) is 32.4 Å². The lowest BCUT2D eigenvalue weighted by Gasteiger charge is -2.04. The molecule has 0 fully saturated rings. The van der Waals surface area contributed by atoms with E-state index >= 15 is 0 Å². The van der Waals surface area contributed by atoms with Gasteiger partial charge in [-0.15, -0.1) is 0 Å². The van der Waals surface area contributed by atoms with Gasteiger partial charge in [-0.3, -0.25) is 24.8 Å². The maximum absolute atomic E-state index is 11.0. The standard InChI is InChI=1S/C6H3IN2O8S/c7-17-6-4(9(12)13)1-3(8(10)11)2-5(6)18(14,15)16/h1-2H,(H,14,15,16). The summed E-state index contributed by atoms with van der Waals surface area (Å²) >= 11 is 1.16. The van der Waals surface area contributed by atoms with Gasteiger partial charge in [-0.25, -0.2) is 0 Å². The molecule has 0 aliphatic carbocycles. The van der Waals surface area contributed by atoms with Gasteiger partial charge in [0, 0.05) is 6.07 Å². The molecule has 0 bridgehead atoms. The minimum atomic E-state index is -4.90. The van der Waals surface area contributed by atoms with Crippen molar-refractivity contribution < 1.29 is 25.9 Å². The molecule has 0 heterocycles. The first-order valence-electron chi connectivity index (χ1n) is 3.91. The summed E-state index contributed by atoms with van der Waals surface area (Å²) in [7, 11) is -4.90. The molecule has 0 unspecified atom stereocenters. The fourth-order valence-electron chi connectivity index (χ4n) is 1.08. The van der Waals surface area contributed by atoms with E-state index in [9.17, 15) is 28.6 Å². The van der Waals surface area contributed by atoms with Crippen molar-refractivity contribution in [2.75, 3.05) is 0 Å². The van der Waals surface area contributed by atoms with Gasteiger partial charge in [0.05, 0.1) is 15.9 Å². The predicted molar refractivity (Wildman–Crippen MR) is 64.2 cm³/mol. The van der Waals surface area contributed by atoms with Gasteiger partial charge in [-0.2, -0.15) is 8.42 Å². The monoisotopic (exact) mass is 390 g/mol. The number of nitrogens with zero attached hydrogens (tertiary/aromatic N) is 2. The van der Waals surface area contributed by atoms with Gasteiger partial charge in [0.2, 0.25) is 5.75 Å². The average molecular weight is 390 g/mol. The number of nitro groups is 2. The number of nitro benzene ring substituents is 2. The highest BCUT2D eigenvalue weighted by Gasteiger charge is 2.31. The van der Waals surface area contributed by atoms with Crippen LogP contribution in [0.1, 0.15) is 0 Å². The number of hydrogen-bond acceptors (Lipinski definition) is 7. The third-order valence-electron chi connectivity index (χ3n) is 1.78. The molecule has 12 heteroatoms. The van der Waals surface area contributed by atoms with Crippen LogP contribution in [0.5, 0.6) is 5.75 Å². The molecule has 0 aliphatic heterocycles. The lowest BCUT2D eigenvalue weighted by atomic mass is 10.2. The van der Waals surface area contributed by atoms with Crippen molar-refractivity contribution in [1.82, 2.24) is 0 Å². The largest absolute Gasteiger partial charge is 0.419 e. The molecule has 18 heavy (non-hydrogen) atoms. The lowest BCUT2D eigenvalue weighted by molar-refractivity contribution is -0.394. The first kappa shape index (κ1) is 14.5. The van der Waals surface area contributed by atoms with E-state index in [4.69, 9.17) is 4.55 Å². The molecule has 1 aromatic carbocycles. The Morgan fingerprint density at radius 1 is 1.22 bits per heavy atom. The van der Waals surface area contributed by atoms with E-state index in [0.717, 1.165) is 23.0 Å². The summed E-state index contributed by atoms with van der Waals surface area (Å²) < 4.78 is 35.3. The van der Waals surface area contributed by atoms with Gasteiger partial charge >= 0.3 is 5.69 Å². The highest BCUT2D eigenvalue weighted by molar-refractivity contribution is 14.1. The zero-order chi connectivity index (χ0) is 14.1. The maximum atomic E-state index is 11.0. The maximum Gasteiger partial charge on any atom is 0.320 e. The van der Waals surface area contributed by atoms with Crippen molar-refractivity contribution in [2.45, 2.75) is 4.90 Å². The van der Waals surface area contributed by atoms with Crippen LogP contribution in [-0.4, -0.2) is 22.8 Å². The SMILES string of the molecule is O=[N+]([O-])c1cc([N+](=O)[O-])c(OI)c(S(=O)(=O)O)c1. The van der Waals surface area contributed by atoms with E-state index < -0.39 is 42.0 Å². The van der Waals surface area contributed by atoms with Crippen LogP contribution in [0.4, 0.5) is 11.4 Å². The molecular weight excluding hydrogens is 387 g/mol. The number of hydrogen-bond donors (Lipinski definition) is 1. The zero-order valence-corrected chi connectivity index (χ0v) is 11.1. The fraction of sp³-hybridized carbons (Fsp3) is 0. The number of halogens is 1. The Morgan fingerprint density at radius 2 is 1.78 bits per heavy atom. The molecule has 0 atom stereocenters. The summed E-state index contributed by atoms with van der Waals surface area (Å²) in [6.07, 6.45) is 0. The quantitative estimate of drug-likeness (QED) is 0.352. The third-order valence-corrected chi connectivity index (χ3v) is 3.08. The number of benzene rings is 1. The first-order chi connectivity index (χ1) is 8.18. The second-order valence-electron chi connectivity index (χ2n) is 2.86. The molecule has 1 rings (SSSR count). The number of rotatable bonds is 4. The van der Waals surface area contributed by atoms with Crippen LogP contribution in [0.2, 0.25) is 0 Å². The van der Waals surface area contributed by atoms with Crippen LogP contribution in [0, 0.1) is 20.2 Å². The Bertz CT molecular complexity index is 627. The Labute approximate surface area is 113 Å². The molecule has 1 aromatic rings. The summed E-state index contributed by atoms with van der Waals surface area (Å²) in [6.45, 7) is 0. The Kier molecular flexibility index (Phi) is 4.02. The van der Waals surface area contributed by atoms with Crippen LogP contribution >= 0.6 is 23.0 Å². The molecule has 10 nitrogen and oxygen atoms in total. The van der Waals surface area contributed by atoms with E-state index in [1.807, 2.05) is 0 Å². The highest BCUT2D eigenvalue weighted by Crippen LogP contribution is 2.38. The second kappa shape index (κ2) is 4.99. The van der Waals surface area contributed by atoms with Gasteiger partial charge in [0.25, 0.3) is 15.8 Å². The van der Waals surface area contributed by atoms with E-state index in [0.29, 0.717) is 12.1 Å². The Balaban J connectivity index is 3.78. The second-order valence-corrected chi connectivity index (χ2v) is 4.69. The first-order valence-corrected chi connectivity index (χ1v) is 6.23.